The van der Waals surface area contributed by atoms with E-state index in [1.54, 1.807) is 0 Å². The van der Waals surface area contributed by atoms with Crippen molar-refractivity contribution in [1.29, 1.82) is 0 Å². The molecule has 0 aromatic carbocycles. The van der Waals surface area contributed by atoms with E-state index in [-0.39, 0.29) is 11.3 Å². The molecule has 1 rings (SSSR count). The first-order valence-corrected chi connectivity index (χ1v) is 8.38. The molecule has 0 atom stereocenters. The van der Waals surface area contributed by atoms with Crippen LogP contribution in [0.25, 0.3) is 0 Å². The van der Waals surface area contributed by atoms with E-state index in [1.165, 1.54) is 63.6 Å². The molecule has 0 unspecified atom stereocenters. The van der Waals surface area contributed by atoms with Gasteiger partial charge in [-0.1, -0.05) is 64.7 Å². The van der Waals surface area contributed by atoms with Crippen LogP contribution in [0.5, 0.6) is 0 Å². The average Bonchev–Trinajstić information content (AvgIpc) is 2.49. The van der Waals surface area contributed by atoms with Gasteiger partial charge >= 0.3 is 0 Å². The molecule has 0 amide bonds. The molecule has 1 heterocycles. The van der Waals surface area contributed by atoms with Crippen molar-refractivity contribution in [3.8, 4) is 0 Å². The Morgan fingerprint density at radius 2 is 1.57 bits per heavy atom. The van der Waals surface area contributed by atoms with Crippen LogP contribution in [0.3, 0.4) is 0 Å². The summed E-state index contributed by atoms with van der Waals surface area (Å²) in [5, 5.41) is 0. The Balaban J connectivity index is 1.99. The lowest BCUT2D eigenvalue weighted by molar-refractivity contribution is 0.0975. The number of hydrogen-bond donors (Lipinski definition) is 0. The Bertz CT molecular complexity index is 406. The van der Waals surface area contributed by atoms with Crippen molar-refractivity contribution in [3.05, 3.63) is 29.8 Å². The number of ketones is 1. The predicted molar refractivity (Wildman–Crippen MR) is 85.0 cm³/mol. The molecular formula is C18H28FNO. The van der Waals surface area contributed by atoms with Gasteiger partial charge in [-0.25, -0.2) is 4.39 Å². The molecule has 1 aromatic rings. The maximum absolute atomic E-state index is 13.4. The van der Waals surface area contributed by atoms with Gasteiger partial charge < -0.3 is 0 Å². The average molecular weight is 293 g/mol. The topological polar surface area (TPSA) is 30.0 Å². The largest absolute Gasteiger partial charge is 0.294 e. The molecule has 0 saturated heterocycles. The van der Waals surface area contributed by atoms with E-state index in [0.29, 0.717) is 6.42 Å². The van der Waals surface area contributed by atoms with Crippen LogP contribution in [0, 0.1) is 5.82 Å². The monoisotopic (exact) mass is 293 g/mol. The van der Waals surface area contributed by atoms with Gasteiger partial charge in [0.2, 0.25) is 0 Å². The highest BCUT2D eigenvalue weighted by molar-refractivity contribution is 5.96. The lowest BCUT2D eigenvalue weighted by atomic mass is 10.0. The molecule has 2 nitrogen and oxygen atoms in total. The van der Waals surface area contributed by atoms with E-state index < -0.39 is 5.82 Å². The molecule has 0 aliphatic heterocycles. The van der Waals surface area contributed by atoms with E-state index in [1.807, 2.05) is 0 Å². The van der Waals surface area contributed by atoms with E-state index in [0.717, 1.165) is 19.0 Å². The van der Waals surface area contributed by atoms with Gasteiger partial charge in [0.05, 0.1) is 11.8 Å². The van der Waals surface area contributed by atoms with Crippen molar-refractivity contribution in [3.63, 3.8) is 0 Å². The van der Waals surface area contributed by atoms with Crippen molar-refractivity contribution in [2.24, 2.45) is 0 Å². The Hall–Kier alpha value is -1.25. The van der Waals surface area contributed by atoms with Gasteiger partial charge in [0.15, 0.2) is 11.6 Å². The molecule has 0 N–H and O–H groups in total. The predicted octanol–water partition coefficient (Wildman–Crippen LogP) is 5.71. The normalized spacial score (nSPS) is 10.8. The summed E-state index contributed by atoms with van der Waals surface area (Å²) >= 11 is 0. The maximum atomic E-state index is 13.4. The molecule has 0 aliphatic carbocycles. The summed E-state index contributed by atoms with van der Waals surface area (Å²) in [6.45, 7) is 2.24. The third-order valence-electron chi connectivity index (χ3n) is 3.83. The Labute approximate surface area is 128 Å². The van der Waals surface area contributed by atoms with Gasteiger partial charge in [-0.15, -0.1) is 0 Å². The van der Waals surface area contributed by atoms with Gasteiger partial charge in [-0.3, -0.25) is 9.78 Å². The van der Waals surface area contributed by atoms with Crippen LogP contribution in [0.1, 0.15) is 87.9 Å². The van der Waals surface area contributed by atoms with Gasteiger partial charge in [-0.2, -0.15) is 0 Å². The number of unbranched alkanes of at least 4 members (excludes halogenated alkanes) is 9. The van der Waals surface area contributed by atoms with Crippen LogP contribution in [-0.2, 0) is 0 Å². The number of Topliss-reactive ketones (excluding diaryl/α,β-unsaturated/α-hetero) is 1. The number of halogens is 1. The number of hydrogen-bond acceptors (Lipinski definition) is 2. The first-order valence-electron chi connectivity index (χ1n) is 8.38. The van der Waals surface area contributed by atoms with Crippen LogP contribution in [0.15, 0.2) is 18.5 Å². The van der Waals surface area contributed by atoms with E-state index in [9.17, 15) is 9.18 Å². The van der Waals surface area contributed by atoms with Crippen molar-refractivity contribution >= 4 is 5.78 Å². The fourth-order valence-corrected chi connectivity index (χ4v) is 2.51. The standard InChI is InChI=1S/C18H28FNO/c1-2-3-4-5-6-7-8-9-10-11-12-18(21)16-13-14-20-15-17(16)19/h13-15H,2-12H2,1H3. The van der Waals surface area contributed by atoms with Gasteiger partial charge in [0.1, 0.15) is 0 Å². The summed E-state index contributed by atoms with van der Waals surface area (Å²) < 4.78 is 13.4. The third kappa shape index (κ3) is 7.93. The zero-order valence-electron chi connectivity index (χ0n) is 13.2. The molecule has 1 aromatic heterocycles. The zero-order chi connectivity index (χ0) is 15.3. The van der Waals surface area contributed by atoms with Crippen molar-refractivity contribution in [2.75, 3.05) is 0 Å². The summed E-state index contributed by atoms with van der Waals surface area (Å²) in [7, 11) is 0. The number of rotatable bonds is 12. The van der Waals surface area contributed by atoms with E-state index in [2.05, 4.69) is 11.9 Å². The highest BCUT2D eigenvalue weighted by atomic mass is 19.1. The number of nitrogens with zero attached hydrogens (tertiary/aromatic N) is 1. The molecule has 0 fully saturated rings. The fraction of sp³-hybridized carbons (Fsp3) is 0.667. The van der Waals surface area contributed by atoms with Crippen molar-refractivity contribution < 1.29 is 9.18 Å². The van der Waals surface area contributed by atoms with Crippen LogP contribution >= 0.6 is 0 Å². The summed E-state index contributed by atoms with van der Waals surface area (Å²) in [6.07, 6.45) is 15.4. The molecular weight excluding hydrogens is 265 g/mol. The molecule has 0 saturated carbocycles. The lowest BCUT2D eigenvalue weighted by Crippen LogP contribution is -2.02. The van der Waals surface area contributed by atoms with E-state index in [4.69, 9.17) is 0 Å². The van der Waals surface area contributed by atoms with Gasteiger partial charge in [0, 0.05) is 12.6 Å². The van der Waals surface area contributed by atoms with Crippen LogP contribution in [0.2, 0.25) is 0 Å². The highest BCUT2D eigenvalue weighted by Gasteiger charge is 2.10. The zero-order valence-corrected chi connectivity index (χ0v) is 13.2. The maximum Gasteiger partial charge on any atom is 0.165 e. The SMILES string of the molecule is CCCCCCCCCCCCC(=O)c1ccncc1F. The van der Waals surface area contributed by atoms with Crippen LogP contribution in [0.4, 0.5) is 4.39 Å². The first-order chi connectivity index (χ1) is 10.3. The minimum atomic E-state index is -0.505. The Kier molecular flexibility index (Phi) is 9.68. The van der Waals surface area contributed by atoms with Crippen molar-refractivity contribution in [1.82, 2.24) is 4.98 Å². The second-order valence-electron chi connectivity index (χ2n) is 5.71. The fourth-order valence-electron chi connectivity index (χ4n) is 2.51. The molecule has 118 valence electrons. The Morgan fingerprint density at radius 3 is 2.14 bits per heavy atom. The molecule has 0 radical (unpaired) electrons. The quantitative estimate of drug-likeness (QED) is 0.364. The second kappa shape index (κ2) is 11.4. The number of aromatic nitrogens is 1. The summed E-state index contributed by atoms with van der Waals surface area (Å²) in [6, 6.07) is 1.47. The number of pyridine rings is 1. The van der Waals surface area contributed by atoms with Crippen LogP contribution in [-0.4, -0.2) is 10.8 Å². The number of carbonyl (C=O) groups is 1. The Morgan fingerprint density at radius 1 is 1.00 bits per heavy atom. The van der Waals surface area contributed by atoms with E-state index >= 15 is 0 Å². The second-order valence-corrected chi connectivity index (χ2v) is 5.71. The minimum Gasteiger partial charge on any atom is -0.294 e. The smallest absolute Gasteiger partial charge is 0.165 e. The van der Waals surface area contributed by atoms with Gasteiger partial charge in [0.25, 0.3) is 0 Å². The third-order valence-corrected chi connectivity index (χ3v) is 3.83. The van der Waals surface area contributed by atoms with Crippen molar-refractivity contribution in [2.45, 2.75) is 77.6 Å². The highest BCUT2D eigenvalue weighted by Crippen LogP contribution is 2.14. The minimum absolute atomic E-state index is 0.102. The molecule has 3 heteroatoms. The lowest BCUT2D eigenvalue weighted by Gasteiger charge is -2.03. The molecule has 0 spiro atoms. The summed E-state index contributed by atoms with van der Waals surface area (Å²) in [5.74, 6) is -0.607. The molecule has 0 bridgehead atoms. The molecule has 0 aliphatic rings. The summed E-state index contributed by atoms with van der Waals surface area (Å²) in [4.78, 5) is 15.5. The van der Waals surface area contributed by atoms with Crippen LogP contribution < -0.4 is 0 Å². The summed E-state index contributed by atoms with van der Waals surface area (Å²) in [5.41, 5.74) is 0.181. The first kappa shape index (κ1) is 17.8. The van der Waals surface area contributed by atoms with Gasteiger partial charge in [-0.05, 0) is 12.5 Å². The molecule has 21 heavy (non-hydrogen) atoms. The number of carbonyl (C=O) groups excluding carboxylic acids is 1.